The number of anilines is 6. The minimum Gasteiger partial charge on any atom is -0.311 e. The molecule has 0 aliphatic carbocycles. The van der Waals surface area contributed by atoms with Crippen molar-refractivity contribution in [3.05, 3.63) is 215 Å². The molecule has 0 saturated heterocycles. The number of aryl methyl sites for hydroxylation is 2. The molecule has 7 rings (SSSR count). The van der Waals surface area contributed by atoms with E-state index >= 15 is 0 Å². The zero-order chi connectivity index (χ0) is 35.5. The highest BCUT2D eigenvalue weighted by atomic mass is 15.1. The van der Waals surface area contributed by atoms with Gasteiger partial charge in [-0.15, -0.1) is 0 Å². The topological polar surface area (TPSA) is 6.48 Å². The van der Waals surface area contributed by atoms with Crippen LogP contribution in [0.1, 0.15) is 47.2 Å². The summed E-state index contributed by atoms with van der Waals surface area (Å²) in [4.78, 5) is 4.62. The van der Waals surface area contributed by atoms with Crippen LogP contribution in [0, 0.1) is 0 Å². The van der Waals surface area contributed by atoms with E-state index in [-0.39, 0.29) is 0 Å². The van der Waals surface area contributed by atoms with Crippen LogP contribution in [0.2, 0.25) is 0 Å². The van der Waals surface area contributed by atoms with E-state index in [1.807, 2.05) is 0 Å². The second kappa shape index (κ2) is 16.6. The van der Waals surface area contributed by atoms with Gasteiger partial charge in [0.1, 0.15) is 0 Å². The molecule has 0 saturated carbocycles. The first-order chi connectivity index (χ1) is 25.7. The maximum absolute atomic E-state index is 2.31. The molecule has 7 aromatic rings. The number of benzene rings is 7. The van der Waals surface area contributed by atoms with Gasteiger partial charge in [-0.2, -0.15) is 0 Å². The monoisotopic (exact) mass is 672 g/mol. The van der Waals surface area contributed by atoms with E-state index in [9.17, 15) is 0 Å². The van der Waals surface area contributed by atoms with Crippen molar-refractivity contribution in [2.24, 2.45) is 0 Å². The minimum absolute atomic E-state index is 1.03. The van der Waals surface area contributed by atoms with E-state index in [1.54, 1.807) is 0 Å². The van der Waals surface area contributed by atoms with Crippen LogP contribution in [0.15, 0.2) is 182 Å². The van der Waals surface area contributed by atoms with Crippen molar-refractivity contribution in [1.29, 1.82) is 0 Å². The van der Waals surface area contributed by atoms with Crippen LogP contribution in [0.4, 0.5) is 34.1 Å². The van der Waals surface area contributed by atoms with E-state index in [0.29, 0.717) is 0 Å². The third-order valence-corrected chi connectivity index (χ3v) is 9.44. The molecule has 0 aliphatic heterocycles. The van der Waals surface area contributed by atoms with Crippen molar-refractivity contribution in [2.45, 2.75) is 26.7 Å². The number of para-hydroxylation sites is 2. The van der Waals surface area contributed by atoms with Gasteiger partial charge in [-0.1, -0.05) is 147 Å². The third kappa shape index (κ3) is 8.15. The average Bonchev–Trinajstić information content (AvgIpc) is 3.22. The van der Waals surface area contributed by atoms with Gasteiger partial charge in [0.2, 0.25) is 0 Å². The molecule has 0 radical (unpaired) electrons. The molecule has 0 atom stereocenters. The molecular weight excluding hydrogens is 629 g/mol. The lowest BCUT2D eigenvalue weighted by molar-refractivity contribution is 1.14. The molecule has 0 spiro atoms. The van der Waals surface area contributed by atoms with Crippen LogP contribution in [0.5, 0.6) is 0 Å². The van der Waals surface area contributed by atoms with E-state index in [0.717, 1.165) is 58.1 Å². The van der Waals surface area contributed by atoms with E-state index < -0.39 is 0 Å². The number of hydrogen-bond acceptors (Lipinski definition) is 2. The van der Waals surface area contributed by atoms with Gasteiger partial charge in [0, 0.05) is 34.1 Å². The Morgan fingerprint density at radius 2 is 0.596 bits per heavy atom. The van der Waals surface area contributed by atoms with Crippen molar-refractivity contribution in [3.63, 3.8) is 0 Å². The highest BCUT2D eigenvalue weighted by molar-refractivity contribution is 5.82. The average molecular weight is 673 g/mol. The van der Waals surface area contributed by atoms with Crippen molar-refractivity contribution in [3.8, 4) is 0 Å². The van der Waals surface area contributed by atoms with Crippen LogP contribution >= 0.6 is 0 Å². The smallest absolute Gasteiger partial charge is 0.0462 e. The molecule has 52 heavy (non-hydrogen) atoms. The maximum atomic E-state index is 2.31. The summed E-state index contributed by atoms with van der Waals surface area (Å²) in [6.45, 7) is 4.38. The van der Waals surface area contributed by atoms with Gasteiger partial charge in [-0.05, 0) is 119 Å². The van der Waals surface area contributed by atoms with Gasteiger partial charge < -0.3 is 9.80 Å². The quantitative estimate of drug-likeness (QED) is 0.119. The van der Waals surface area contributed by atoms with Crippen molar-refractivity contribution in [2.75, 3.05) is 9.80 Å². The maximum Gasteiger partial charge on any atom is 0.0462 e. The summed E-state index contributed by atoms with van der Waals surface area (Å²) >= 11 is 0. The van der Waals surface area contributed by atoms with E-state index in [4.69, 9.17) is 0 Å². The summed E-state index contributed by atoms with van der Waals surface area (Å²) in [5, 5.41) is 0. The summed E-state index contributed by atoms with van der Waals surface area (Å²) in [7, 11) is 0. The molecule has 0 N–H and O–H groups in total. The fourth-order valence-corrected chi connectivity index (χ4v) is 6.47. The van der Waals surface area contributed by atoms with Crippen molar-refractivity contribution >= 4 is 58.4 Å². The Bertz CT molecular complexity index is 2050. The fraction of sp³-hybridized carbons (Fsp3) is 0.0800. The SMILES string of the molecule is CCc1ccc(N(c2ccccc2)c2ccc(/C=C/c3ccccc3/C=C/c3ccc(N(c4ccccc4)c4ccc(CC)cc4)cc3)cc2)cc1. The summed E-state index contributed by atoms with van der Waals surface area (Å²) in [5.74, 6) is 0. The predicted octanol–water partition coefficient (Wildman–Crippen LogP) is 14.1. The molecule has 2 heteroatoms. The van der Waals surface area contributed by atoms with Gasteiger partial charge in [0.05, 0.1) is 0 Å². The summed E-state index contributed by atoms with van der Waals surface area (Å²) in [5.41, 5.74) is 14.2. The molecule has 0 aliphatic rings. The van der Waals surface area contributed by atoms with E-state index in [2.05, 4.69) is 230 Å². The number of nitrogens with zero attached hydrogens (tertiary/aromatic N) is 2. The molecule has 7 aromatic carbocycles. The van der Waals surface area contributed by atoms with Gasteiger partial charge in [-0.25, -0.2) is 0 Å². The Morgan fingerprint density at radius 1 is 0.308 bits per heavy atom. The molecule has 0 fully saturated rings. The molecule has 254 valence electrons. The van der Waals surface area contributed by atoms with Gasteiger partial charge in [0.25, 0.3) is 0 Å². The highest BCUT2D eigenvalue weighted by Crippen LogP contribution is 2.36. The molecular formula is C50H44N2. The second-order valence-corrected chi connectivity index (χ2v) is 12.9. The first-order valence-electron chi connectivity index (χ1n) is 18.2. The third-order valence-electron chi connectivity index (χ3n) is 9.44. The van der Waals surface area contributed by atoms with Crippen LogP contribution in [-0.4, -0.2) is 0 Å². The lowest BCUT2D eigenvalue weighted by Gasteiger charge is -2.25. The summed E-state index contributed by atoms with van der Waals surface area (Å²) in [6.07, 6.45) is 10.9. The van der Waals surface area contributed by atoms with Gasteiger partial charge in [0.15, 0.2) is 0 Å². The normalized spacial score (nSPS) is 11.3. The Balaban J connectivity index is 1.08. The first-order valence-corrected chi connectivity index (χ1v) is 18.2. The first kappa shape index (κ1) is 34.1. The number of hydrogen-bond donors (Lipinski definition) is 0. The predicted molar refractivity (Wildman–Crippen MR) is 225 cm³/mol. The highest BCUT2D eigenvalue weighted by Gasteiger charge is 2.13. The lowest BCUT2D eigenvalue weighted by Crippen LogP contribution is -2.09. The summed E-state index contributed by atoms with van der Waals surface area (Å²) < 4.78 is 0. The Hall–Kier alpha value is -6.38. The van der Waals surface area contributed by atoms with Crippen molar-refractivity contribution < 1.29 is 0 Å². The lowest BCUT2D eigenvalue weighted by atomic mass is 10.0. The molecule has 0 amide bonds. The molecule has 0 unspecified atom stereocenters. The second-order valence-electron chi connectivity index (χ2n) is 12.9. The minimum atomic E-state index is 1.03. The molecule has 0 heterocycles. The Morgan fingerprint density at radius 3 is 0.923 bits per heavy atom. The van der Waals surface area contributed by atoms with Crippen LogP contribution in [0.25, 0.3) is 24.3 Å². The molecule has 2 nitrogen and oxygen atoms in total. The van der Waals surface area contributed by atoms with Gasteiger partial charge >= 0.3 is 0 Å². The Kier molecular flexibility index (Phi) is 10.8. The van der Waals surface area contributed by atoms with E-state index in [1.165, 1.54) is 22.3 Å². The van der Waals surface area contributed by atoms with Crippen molar-refractivity contribution in [1.82, 2.24) is 0 Å². The standard InChI is InChI=1S/C50H44N2/c1-3-39-21-31-47(32-22-39)51(45-15-7-5-8-16-45)49-35-25-41(26-36-49)19-29-43-13-11-12-14-44(43)30-20-42-27-37-50(38-28-42)52(46-17-9-6-10-18-46)48-33-23-40(4-2)24-34-48/h5-38H,3-4H2,1-2H3/b29-19+,30-20+. The van der Waals surface area contributed by atoms with Crippen LogP contribution in [-0.2, 0) is 12.8 Å². The Labute approximate surface area is 309 Å². The number of rotatable bonds is 12. The zero-order valence-electron chi connectivity index (χ0n) is 29.9. The largest absolute Gasteiger partial charge is 0.311 e. The van der Waals surface area contributed by atoms with Crippen LogP contribution in [0.3, 0.4) is 0 Å². The van der Waals surface area contributed by atoms with Crippen LogP contribution < -0.4 is 9.80 Å². The fourth-order valence-electron chi connectivity index (χ4n) is 6.47. The zero-order valence-corrected chi connectivity index (χ0v) is 29.9. The molecule has 0 bridgehead atoms. The summed E-state index contributed by atoms with van der Waals surface area (Å²) in [6, 6.07) is 65.0. The van der Waals surface area contributed by atoms with Gasteiger partial charge in [-0.3, -0.25) is 0 Å². The molecule has 0 aromatic heterocycles.